The summed E-state index contributed by atoms with van der Waals surface area (Å²) < 4.78 is 5.34. The van der Waals surface area contributed by atoms with Crippen LogP contribution >= 0.6 is 8.86 Å². The predicted molar refractivity (Wildman–Crippen MR) is 101 cm³/mol. The highest BCUT2D eigenvalue weighted by molar-refractivity contribution is 7.18. The lowest BCUT2D eigenvalue weighted by Gasteiger charge is -2.21. The van der Waals surface area contributed by atoms with Crippen LogP contribution in [0.4, 0.5) is 0 Å². The van der Waals surface area contributed by atoms with Crippen LogP contribution < -0.4 is 0 Å². The Bertz CT molecular complexity index is 476. The fourth-order valence-electron chi connectivity index (χ4n) is 3.13. The zero-order valence-electron chi connectivity index (χ0n) is 14.5. The molecule has 0 heterocycles. The molecule has 1 rings (SSSR count). The second-order valence-corrected chi connectivity index (χ2v) is 6.48. The van der Waals surface area contributed by atoms with Gasteiger partial charge in [0.25, 0.3) is 0 Å². The molecule has 0 aliphatic heterocycles. The van der Waals surface area contributed by atoms with E-state index >= 15 is 0 Å². The fourth-order valence-corrected chi connectivity index (χ4v) is 3.48. The van der Waals surface area contributed by atoms with Crippen LogP contribution in [0.25, 0.3) is 0 Å². The molecule has 128 valence electrons. The number of hydrogen-bond acceptors (Lipinski definition) is 4. The molecule has 4 unspecified atom stereocenters. The molecule has 0 aromatic carbocycles. The number of carbonyl (C=O) groups excluding carboxylic acids is 1. The molecule has 0 aromatic rings. The molecule has 0 amide bonds. The molecule has 5 heteroatoms. The van der Waals surface area contributed by atoms with Crippen LogP contribution in [0.15, 0.2) is 29.5 Å². The third-order valence-corrected chi connectivity index (χ3v) is 5.00. The van der Waals surface area contributed by atoms with Crippen molar-refractivity contribution >= 4 is 27.2 Å². The van der Waals surface area contributed by atoms with Gasteiger partial charge in [0, 0.05) is 49.6 Å². The van der Waals surface area contributed by atoms with Gasteiger partial charge < -0.3 is 14.4 Å². The number of aldehydes is 1. The maximum atomic E-state index is 11.5. The van der Waals surface area contributed by atoms with E-state index in [0.717, 1.165) is 30.6 Å². The molecule has 0 bridgehead atoms. The Labute approximate surface area is 142 Å². The number of likely N-dealkylation sites (N-methyl/N-ethyl adjacent to an activating group) is 1. The Morgan fingerprint density at radius 1 is 1.48 bits per heavy atom. The van der Waals surface area contributed by atoms with Gasteiger partial charge in [-0.15, -0.1) is 8.86 Å². The summed E-state index contributed by atoms with van der Waals surface area (Å²) in [5.41, 5.74) is 1.56. The Balaban J connectivity index is 2.65. The molecule has 1 aliphatic carbocycles. The van der Waals surface area contributed by atoms with Crippen LogP contribution in [-0.4, -0.2) is 50.0 Å². The first-order valence-electron chi connectivity index (χ1n) is 8.12. The van der Waals surface area contributed by atoms with E-state index in [9.17, 15) is 4.79 Å². The van der Waals surface area contributed by atoms with E-state index in [4.69, 9.17) is 4.74 Å². The molecule has 4 nitrogen and oxygen atoms in total. The summed E-state index contributed by atoms with van der Waals surface area (Å²) in [6.45, 7) is 14.4. The molecule has 1 saturated carbocycles. The molecule has 0 aromatic heterocycles. The van der Waals surface area contributed by atoms with Gasteiger partial charge in [0.1, 0.15) is 6.29 Å². The van der Waals surface area contributed by atoms with Gasteiger partial charge >= 0.3 is 0 Å². The Hall–Kier alpha value is -1.25. The van der Waals surface area contributed by atoms with Crippen LogP contribution in [0.2, 0.25) is 0 Å². The molecule has 0 radical (unpaired) electrons. The van der Waals surface area contributed by atoms with E-state index in [0.29, 0.717) is 19.1 Å². The van der Waals surface area contributed by atoms with Crippen LogP contribution in [0.1, 0.15) is 20.3 Å². The van der Waals surface area contributed by atoms with Crippen molar-refractivity contribution < 1.29 is 9.53 Å². The van der Waals surface area contributed by atoms with Crippen molar-refractivity contribution in [2.45, 2.75) is 20.3 Å². The third-order valence-electron chi connectivity index (χ3n) is 4.57. The molecule has 1 fully saturated rings. The highest BCUT2D eigenvalue weighted by atomic mass is 31.0. The summed E-state index contributed by atoms with van der Waals surface area (Å²) in [6.07, 6.45) is 3.74. The van der Waals surface area contributed by atoms with Crippen molar-refractivity contribution in [3.63, 3.8) is 0 Å². The van der Waals surface area contributed by atoms with Crippen molar-refractivity contribution in [1.82, 2.24) is 4.90 Å². The largest absolute Gasteiger partial charge is 0.380 e. The highest BCUT2D eigenvalue weighted by Gasteiger charge is 2.41. The van der Waals surface area contributed by atoms with E-state index in [1.165, 1.54) is 0 Å². The SMILES string of the molecule is C=C(N=CC(=C)N(C)CCOCC)C1C(C)CC(C=P)C1C=O. The lowest BCUT2D eigenvalue weighted by Crippen LogP contribution is -2.23. The minimum atomic E-state index is -0.0592. The molecule has 1 aliphatic rings. The summed E-state index contributed by atoms with van der Waals surface area (Å²) in [7, 11) is 5.40. The summed E-state index contributed by atoms with van der Waals surface area (Å²) in [5.74, 6) is 2.59. The monoisotopic (exact) mass is 336 g/mol. The van der Waals surface area contributed by atoms with Crippen LogP contribution in [-0.2, 0) is 9.53 Å². The third kappa shape index (κ3) is 5.40. The van der Waals surface area contributed by atoms with Gasteiger partial charge in [-0.05, 0) is 25.2 Å². The molecule has 0 saturated heterocycles. The van der Waals surface area contributed by atoms with E-state index in [1.54, 1.807) is 6.21 Å². The van der Waals surface area contributed by atoms with Crippen molar-refractivity contribution in [2.75, 3.05) is 26.8 Å². The van der Waals surface area contributed by atoms with Crippen molar-refractivity contribution in [3.8, 4) is 0 Å². The Morgan fingerprint density at radius 3 is 2.74 bits per heavy atom. The summed E-state index contributed by atoms with van der Waals surface area (Å²) in [6, 6.07) is 0. The summed E-state index contributed by atoms with van der Waals surface area (Å²) in [4.78, 5) is 17.9. The second-order valence-electron chi connectivity index (χ2n) is 6.14. The van der Waals surface area contributed by atoms with Gasteiger partial charge in [0.15, 0.2) is 0 Å². The minimum absolute atomic E-state index is 0.0592. The lowest BCUT2D eigenvalue weighted by atomic mass is 9.87. The van der Waals surface area contributed by atoms with Crippen LogP contribution in [0.5, 0.6) is 0 Å². The zero-order valence-corrected chi connectivity index (χ0v) is 15.5. The normalized spacial score (nSPS) is 27.1. The predicted octanol–water partition coefficient (Wildman–Crippen LogP) is 3.09. The number of hydrogen-bond donors (Lipinski definition) is 0. The fraction of sp³-hybridized carbons (Fsp3) is 0.611. The van der Waals surface area contributed by atoms with Gasteiger partial charge in [-0.2, -0.15) is 0 Å². The first-order chi connectivity index (χ1) is 11.0. The van der Waals surface area contributed by atoms with Crippen molar-refractivity contribution in [1.29, 1.82) is 0 Å². The number of nitrogens with zero attached hydrogens (tertiary/aromatic N) is 2. The van der Waals surface area contributed by atoms with E-state index in [2.05, 4.69) is 33.9 Å². The quantitative estimate of drug-likeness (QED) is 0.266. The maximum Gasteiger partial charge on any atom is 0.124 e. The van der Waals surface area contributed by atoms with Gasteiger partial charge in [0.2, 0.25) is 0 Å². The number of ether oxygens (including phenoxy) is 1. The standard InChI is InChI=1S/C18H29N2O2P/c1-6-22-8-7-20(5)14(3)10-19-15(4)18-13(2)9-16(12-23)17(18)11-21/h10-13,16-18,23H,3-4,6-9H2,1-2,5H3. The first kappa shape index (κ1) is 19.8. The van der Waals surface area contributed by atoms with Gasteiger partial charge in [-0.1, -0.05) is 25.9 Å². The molecule has 0 spiro atoms. The molecule has 4 atom stereocenters. The summed E-state index contributed by atoms with van der Waals surface area (Å²) >= 11 is 0. The average molecular weight is 336 g/mol. The number of rotatable bonds is 10. The second kappa shape index (κ2) is 9.79. The molecular weight excluding hydrogens is 307 g/mol. The van der Waals surface area contributed by atoms with Crippen molar-refractivity contribution in [3.05, 3.63) is 24.6 Å². The van der Waals surface area contributed by atoms with Crippen LogP contribution in [0, 0.1) is 23.7 Å². The van der Waals surface area contributed by atoms with E-state index in [1.807, 2.05) is 24.7 Å². The zero-order chi connectivity index (χ0) is 17.4. The molecular formula is C18H29N2O2P. The van der Waals surface area contributed by atoms with E-state index in [-0.39, 0.29) is 17.8 Å². The smallest absolute Gasteiger partial charge is 0.124 e. The molecule has 23 heavy (non-hydrogen) atoms. The summed E-state index contributed by atoms with van der Waals surface area (Å²) in [5, 5.41) is 0. The van der Waals surface area contributed by atoms with Gasteiger partial charge in [-0.25, -0.2) is 0 Å². The Kier molecular flexibility index (Phi) is 8.43. The van der Waals surface area contributed by atoms with Gasteiger partial charge in [-0.3, -0.25) is 4.99 Å². The molecule has 0 N–H and O–H groups in total. The average Bonchev–Trinajstić information content (AvgIpc) is 2.87. The maximum absolute atomic E-state index is 11.5. The van der Waals surface area contributed by atoms with E-state index < -0.39 is 0 Å². The number of aliphatic imine (C=N–C) groups is 1. The van der Waals surface area contributed by atoms with Crippen molar-refractivity contribution in [2.24, 2.45) is 28.7 Å². The van der Waals surface area contributed by atoms with Gasteiger partial charge in [0.05, 0.1) is 6.61 Å². The Morgan fingerprint density at radius 2 is 2.17 bits per heavy atom. The lowest BCUT2D eigenvalue weighted by molar-refractivity contribution is -0.112. The minimum Gasteiger partial charge on any atom is -0.380 e. The van der Waals surface area contributed by atoms with Crippen LogP contribution in [0.3, 0.4) is 0 Å². The highest BCUT2D eigenvalue weighted by Crippen LogP contribution is 2.43. The number of carbonyl (C=O) groups is 1. The number of allylic oxidation sites excluding steroid dienone is 2. The topological polar surface area (TPSA) is 41.9 Å². The first-order valence-corrected chi connectivity index (χ1v) is 8.70.